The zero-order valence-corrected chi connectivity index (χ0v) is 6.99. The molecule has 0 spiro atoms. The van der Waals surface area contributed by atoms with Crippen LogP contribution in [0.1, 0.15) is 13.3 Å². The predicted octanol–water partition coefficient (Wildman–Crippen LogP) is 0.549. The lowest BCUT2D eigenvalue weighted by atomic mass is 10.4. The molecule has 0 aromatic rings. The van der Waals surface area contributed by atoms with E-state index in [1.165, 1.54) is 13.2 Å². The fourth-order valence-electron chi connectivity index (χ4n) is 0.561. The predicted molar refractivity (Wildman–Crippen MR) is 41.1 cm³/mol. The van der Waals surface area contributed by atoms with E-state index in [1.807, 2.05) is 0 Å². The summed E-state index contributed by atoms with van der Waals surface area (Å²) in [6.45, 7) is 1.79. The molecule has 0 saturated heterocycles. The molecule has 2 N–H and O–H groups in total. The second-order valence-corrected chi connectivity index (χ2v) is 1.89. The van der Waals surface area contributed by atoms with Crippen LogP contribution in [0.3, 0.4) is 0 Å². The van der Waals surface area contributed by atoms with E-state index >= 15 is 0 Å². The third-order valence-electron chi connectivity index (χ3n) is 0.987. The van der Waals surface area contributed by atoms with E-state index in [0.717, 1.165) is 0 Å². The highest BCUT2D eigenvalue weighted by Crippen LogP contribution is 2.01. The molecule has 5 nitrogen and oxygen atoms in total. The topological polar surface area (TPSA) is 78.6 Å². The van der Waals surface area contributed by atoms with Crippen molar-refractivity contribution in [1.82, 2.24) is 0 Å². The monoisotopic (exact) mass is 173 g/mol. The molecule has 0 rings (SSSR count). The van der Waals surface area contributed by atoms with Gasteiger partial charge in [-0.15, -0.1) is 0 Å². The summed E-state index contributed by atoms with van der Waals surface area (Å²) in [6.07, 6.45) is 0.939. The van der Waals surface area contributed by atoms with E-state index in [4.69, 9.17) is 5.73 Å². The minimum Gasteiger partial charge on any atom is -0.463 e. The summed E-state index contributed by atoms with van der Waals surface area (Å²) in [5.74, 6) is -0.886. The van der Waals surface area contributed by atoms with Gasteiger partial charge in [0.15, 0.2) is 0 Å². The maximum Gasteiger partial charge on any atom is 0.410 e. The summed E-state index contributed by atoms with van der Waals surface area (Å²) in [7, 11) is 1.19. The Bertz CT molecular complexity index is 209. The minimum atomic E-state index is -1.03. The third-order valence-corrected chi connectivity index (χ3v) is 0.987. The summed E-state index contributed by atoms with van der Waals surface area (Å²) in [6, 6.07) is 0. The summed E-state index contributed by atoms with van der Waals surface area (Å²) in [5.41, 5.74) is 4.71. The van der Waals surface area contributed by atoms with Crippen molar-refractivity contribution in [3.05, 3.63) is 11.8 Å². The fraction of sp³-hybridized carbons (Fsp3) is 0.429. The summed E-state index contributed by atoms with van der Waals surface area (Å²) in [5, 5.41) is 0. The van der Waals surface area contributed by atoms with E-state index in [9.17, 15) is 9.59 Å². The smallest absolute Gasteiger partial charge is 0.410 e. The molecule has 0 unspecified atom stereocenters. The summed E-state index contributed by atoms with van der Waals surface area (Å²) >= 11 is 0. The van der Waals surface area contributed by atoms with Crippen LogP contribution < -0.4 is 5.73 Å². The standard InChI is InChI=1S/C7H11NO4/c1-3-4-5(6(9)11-2)12-7(8)10/h4H,3H2,1-2H3,(H2,8,10). The zero-order chi connectivity index (χ0) is 9.56. The second-order valence-electron chi connectivity index (χ2n) is 1.89. The Balaban J connectivity index is 4.34. The molecule has 5 heteroatoms. The molecule has 0 radical (unpaired) electrons. The Kier molecular flexibility index (Phi) is 4.52. The van der Waals surface area contributed by atoms with Gasteiger partial charge in [-0.2, -0.15) is 0 Å². The first-order chi connectivity index (χ1) is 5.61. The average molecular weight is 173 g/mol. The van der Waals surface area contributed by atoms with Gasteiger partial charge in [-0.1, -0.05) is 6.92 Å². The molecule has 0 saturated carbocycles. The lowest BCUT2D eigenvalue weighted by Gasteiger charge is -2.02. The van der Waals surface area contributed by atoms with E-state index in [2.05, 4.69) is 9.47 Å². The van der Waals surface area contributed by atoms with Gasteiger partial charge in [0.25, 0.3) is 0 Å². The molecule has 0 heterocycles. The van der Waals surface area contributed by atoms with Gasteiger partial charge < -0.3 is 15.2 Å². The van der Waals surface area contributed by atoms with Gasteiger partial charge in [0.1, 0.15) is 0 Å². The summed E-state index contributed by atoms with van der Waals surface area (Å²) < 4.78 is 8.69. The third kappa shape index (κ3) is 3.60. The lowest BCUT2D eigenvalue weighted by Crippen LogP contribution is -2.18. The number of carbonyl (C=O) groups excluding carboxylic acids is 2. The van der Waals surface area contributed by atoms with E-state index < -0.39 is 12.1 Å². The number of carbonyl (C=O) groups is 2. The van der Waals surface area contributed by atoms with Crippen molar-refractivity contribution in [3.8, 4) is 0 Å². The van der Waals surface area contributed by atoms with Gasteiger partial charge >= 0.3 is 12.1 Å². The highest BCUT2D eigenvalue weighted by molar-refractivity contribution is 5.88. The molecule has 0 fully saturated rings. The van der Waals surface area contributed by atoms with Crippen LogP contribution in [-0.2, 0) is 14.3 Å². The summed E-state index contributed by atoms with van der Waals surface area (Å²) in [4.78, 5) is 21.1. The van der Waals surface area contributed by atoms with Crippen LogP contribution in [-0.4, -0.2) is 19.2 Å². The first-order valence-corrected chi connectivity index (χ1v) is 3.37. The van der Waals surface area contributed by atoms with Crippen LogP contribution in [0.4, 0.5) is 4.79 Å². The maximum absolute atomic E-state index is 10.8. The minimum absolute atomic E-state index is 0.174. The van der Waals surface area contributed by atoms with Crippen LogP contribution in [0, 0.1) is 0 Å². The Morgan fingerprint density at radius 2 is 2.08 bits per heavy atom. The molecule has 0 aromatic carbocycles. The zero-order valence-electron chi connectivity index (χ0n) is 6.99. The molecule has 12 heavy (non-hydrogen) atoms. The number of nitrogens with two attached hydrogens (primary N) is 1. The molecule has 0 aliphatic carbocycles. The van der Waals surface area contributed by atoms with Crippen molar-refractivity contribution < 1.29 is 19.1 Å². The van der Waals surface area contributed by atoms with Gasteiger partial charge in [0, 0.05) is 0 Å². The number of esters is 1. The molecule has 68 valence electrons. The van der Waals surface area contributed by atoms with E-state index in [-0.39, 0.29) is 5.76 Å². The molecule has 0 aliphatic heterocycles. The highest BCUT2D eigenvalue weighted by Gasteiger charge is 2.12. The second kappa shape index (κ2) is 5.17. The van der Waals surface area contributed by atoms with Crippen molar-refractivity contribution in [1.29, 1.82) is 0 Å². The first-order valence-electron chi connectivity index (χ1n) is 3.37. The van der Waals surface area contributed by atoms with Gasteiger partial charge in [-0.05, 0) is 12.5 Å². The van der Waals surface area contributed by atoms with Crippen molar-refractivity contribution in [2.24, 2.45) is 5.73 Å². The molecule has 1 amide bonds. The quantitative estimate of drug-likeness (QED) is 0.384. The van der Waals surface area contributed by atoms with Crippen molar-refractivity contribution in [3.63, 3.8) is 0 Å². The number of ether oxygens (including phenoxy) is 2. The van der Waals surface area contributed by atoms with Gasteiger partial charge in [-0.3, -0.25) is 0 Å². The van der Waals surface area contributed by atoms with Gasteiger partial charge in [0.2, 0.25) is 5.76 Å². The molecule has 0 bridgehead atoms. The van der Waals surface area contributed by atoms with Crippen LogP contribution in [0.15, 0.2) is 11.8 Å². The van der Waals surface area contributed by atoms with Crippen molar-refractivity contribution in [2.45, 2.75) is 13.3 Å². The highest BCUT2D eigenvalue weighted by atomic mass is 16.6. The molecule has 0 aromatic heterocycles. The SMILES string of the molecule is CCC=C(OC(N)=O)C(=O)OC. The van der Waals surface area contributed by atoms with Gasteiger partial charge in [0.05, 0.1) is 7.11 Å². The Hall–Kier alpha value is -1.52. The number of rotatable bonds is 3. The number of methoxy groups -OCH3 is 1. The van der Waals surface area contributed by atoms with Crippen LogP contribution >= 0.6 is 0 Å². The largest absolute Gasteiger partial charge is 0.463 e. The number of allylic oxidation sites excluding steroid dienone is 1. The van der Waals surface area contributed by atoms with Crippen LogP contribution in [0.2, 0.25) is 0 Å². The molecule has 0 aliphatic rings. The lowest BCUT2D eigenvalue weighted by molar-refractivity contribution is -0.139. The number of primary amides is 1. The van der Waals surface area contributed by atoms with Crippen molar-refractivity contribution in [2.75, 3.05) is 7.11 Å². The van der Waals surface area contributed by atoms with E-state index in [0.29, 0.717) is 6.42 Å². The maximum atomic E-state index is 10.8. The molecular formula is C7H11NO4. The van der Waals surface area contributed by atoms with Crippen LogP contribution in [0.25, 0.3) is 0 Å². The van der Waals surface area contributed by atoms with Crippen LogP contribution in [0.5, 0.6) is 0 Å². The molecular weight excluding hydrogens is 162 g/mol. The fourth-order valence-corrected chi connectivity index (χ4v) is 0.561. The van der Waals surface area contributed by atoms with E-state index in [1.54, 1.807) is 6.92 Å². The Morgan fingerprint density at radius 1 is 1.50 bits per heavy atom. The normalized spacial score (nSPS) is 10.7. The Morgan fingerprint density at radius 3 is 2.42 bits per heavy atom. The number of hydrogen-bond acceptors (Lipinski definition) is 4. The van der Waals surface area contributed by atoms with Crippen molar-refractivity contribution >= 4 is 12.1 Å². The molecule has 0 atom stereocenters. The Labute approximate surface area is 70.1 Å². The average Bonchev–Trinajstić information content (AvgIpc) is 2.01. The van der Waals surface area contributed by atoms with Gasteiger partial charge in [-0.25, -0.2) is 9.59 Å². The number of hydrogen-bond donors (Lipinski definition) is 1. The number of amides is 1. The first kappa shape index (κ1) is 10.5.